The standard InChI is InChI=1S/C12H17NO3S/c14-11(6-9-4-2-1-3-5-9)13-8-17-7-10(13)12(15)16/h4,10H,1-3,5-8H2,(H,15,16). The summed E-state index contributed by atoms with van der Waals surface area (Å²) in [5.74, 6) is 0.111. The van der Waals surface area contributed by atoms with Crippen molar-refractivity contribution in [2.75, 3.05) is 11.6 Å². The van der Waals surface area contributed by atoms with E-state index in [9.17, 15) is 9.59 Å². The van der Waals surface area contributed by atoms with E-state index in [1.54, 1.807) is 0 Å². The molecule has 0 aromatic rings. The summed E-state index contributed by atoms with van der Waals surface area (Å²) in [6.45, 7) is 0. The number of rotatable bonds is 3. The molecule has 94 valence electrons. The van der Waals surface area contributed by atoms with Gasteiger partial charge in [0, 0.05) is 12.2 Å². The lowest BCUT2D eigenvalue weighted by Crippen LogP contribution is -2.41. The molecule has 1 aliphatic carbocycles. The van der Waals surface area contributed by atoms with Crippen LogP contribution in [0.5, 0.6) is 0 Å². The smallest absolute Gasteiger partial charge is 0.327 e. The van der Waals surface area contributed by atoms with Crippen LogP contribution in [-0.2, 0) is 9.59 Å². The highest BCUT2D eigenvalue weighted by Crippen LogP contribution is 2.25. The number of hydrogen-bond donors (Lipinski definition) is 1. The van der Waals surface area contributed by atoms with E-state index in [-0.39, 0.29) is 5.91 Å². The van der Waals surface area contributed by atoms with Crippen LogP contribution in [0.1, 0.15) is 32.1 Å². The summed E-state index contributed by atoms with van der Waals surface area (Å²) in [4.78, 5) is 24.5. The SMILES string of the molecule is O=C(O)C1CSCN1C(=O)CC1=CCCCC1. The Morgan fingerprint density at radius 3 is 2.94 bits per heavy atom. The molecule has 2 rings (SSSR count). The average molecular weight is 255 g/mol. The van der Waals surface area contributed by atoms with Crippen molar-refractivity contribution in [3.63, 3.8) is 0 Å². The molecule has 0 aromatic carbocycles. The first-order valence-electron chi connectivity index (χ1n) is 5.96. The molecule has 4 nitrogen and oxygen atoms in total. The van der Waals surface area contributed by atoms with E-state index in [0.717, 1.165) is 19.3 Å². The zero-order chi connectivity index (χ0) is 12.3. The van der Waals surface area contributed by atoms with Gasteiger partial charge in [-0.05, 0) is 25.7 Å². The first-order chi connectivity index (χ1) is 8.18. The largest absolute Gasteiger partial charge is 0.480 e. The fourth-order valence-corrected chi connectivity index (χ4v) is 3.43. The average Bonchev–Trinajstić information content (AvgIpc) is 2.79. The quantitative estimate of drug-likeness (QED) is 0.782. The monoisotopic (exact) mass is 255 g/mol. The number of carboxylic acid groups (broad SMARTS) is 1. The molecule has 1 unspecified atom stereocenters. The topological polar surface area (TPSA) is 57.6 Å². The maximum absolute atomic E-state index is 12.0. The van der Waals surface area contributed by atoms with Crippen LogP contribution >= 0.6 is 11.8 Å². The molecule has 0 bridgehead atoms. The maximum Gasteiger partial charge on any atom is 0.327 e. The van der Waals surface area contributed by atoms with Crippen LogP contribution < -0.4 is 0 Å². The Labute approximate surface area is 105 Å². The fourth-order valence-electron chi connectivity index (χ4n) is 2.25. The number of aliphatic carboxylic acids is 1. The molecular weight excluding hydrogens is 238 g/mol. The van der Waals surface area contributed by atoms with Crippen molar-refractivity contribution in [3.05, 3.63) is 11.6 Å². The highest BCUT2D eigenvalue weighted by molar-refractivity contribution is 7.99. The number of allylic oxidation sites excluding steroid dienone is 1. The molecule has 1 N–H and O–H groups in total. The van der Waals surface area contributed by atoms with E-state index >= 15 is 0 Å². The van der Waals surface area contributed by atoms with Gasteiger partial charge in [0.1, 0.15) is 6.04 Å². The second-order valence-corrected chi connectivity index (χ2v) is 5.50. The summed E-state index contributed by atoms with van der Waals surface area (Å²) >= 11 is 1.51. The summed E-state index contributed by atoms with van der Waals surface area (Å²) in [5.41, 5.74) is 1.18. The van der Waals surface area contributed by atoms with E-state index in [1.807, 2.05) is 0 Å². The Morgan fingerprint density at radius 1 is 1.47 bits per heavy atom. The molecule has 1 saturated heterocycles. The molecule has 0 spiro atoms. The van der Waals surface area contributed by atoms with Crippen LogP contribution in [0.3, 0.4) is 0 Å². The maximum atomic E-state index is 12.0. The fraction of sp³-hybridized carbons (Fsp3) is 0.667. The summed E-state index contributed by atoms with van der Waals surface area (Å²) in [7, 11) is 0. The molecule has 17 heavy (non-hydrogen) atoms. The third-order valence-corrected chi connectivity index (χ3v) is 4.26. The highest BCUT2D eigenvalue weighted by atomic mass is 32.2. The normalized spacial score (nSPS) is 24.6. The molecule has 1 heterocycles. The Morgan fingerprint density at radius 2 is 2.29 bits per heavy atom. The van der Waals surface area contributed by atoms with Gasteiger partial charge in [-0.15, -0.1) is 11.8 Å². The minimum atomic E-state index is -0.888. The van der Waals surface area contributed by atoms with E-state index in [0.29, 0.717) is 18.1 Å². The minimum Gasteiger partial charge on any atom is -0.480 e. The van der Waals surface area contributed by atoms with Crippen molar-refractivity contribution in [1.29, 1.82) is 0 Å². The number of carbonyl (C=O) groups is 2. The molecule has 1 atom stereocenters. The molecule has 1 fully saturated rings. The Bertz CT molecular complexity index is 354. The van der Waals surface area contributed by atoms with Crippen LogP contribution in [-0.4, -0.2) is 39.6 Å². The van der Waals surface area contributed by atoms with E-state index in [1.165, 1.54) is 28.7 Å². The summed E-state index contributed by atoms with van der Waals surface area (Å²) in [6.07, 6.45) is 6.94. The second kappa shape index (κ2) is 5.58. The Balaban J connectivity index is 1.95. The van der Waals surface area contributed by atoms with Crippen molar-refractivity contribution >= 4 is 23.6 Å². The predicted molar refractivity (Wildman–Crippen MR) is 66.8 cm³/mol. The van der Waals surface area contributed by atoms with Crippen molar-refractivity contribution in [2.45, 2.75) is 38.1 Å². The molecular formula is C12H17NO3S. The van der Waals surface area contributed by atoms with Crippen LogP contribution in [0, 0.1) is 0 Å². The number of carbonyl (C=O) groups excluding carboxylic acids is 1. The molecule has 2 aliphatic rings. The van der Waals surface area contributed by atoms with Crippen molar-refractivity contribution < 1.29 is 14.7 Å². The predicted octanol–water partition coefficient (Wildman–Crippen LogP) is 1.86. The van der Waals surface area contributed by atoms with Crippen LogP contribution in [0.4, 0.5) is 0 Å². The van der Waals surface area contributed by atoms with Crippen molar-refractivity contribution in [3.8, 4) is 0 Å². The van der Waals surface area contributed by atoms with E-state index in [4.69, 9.17) is 5.11 Å². The van der Waals surface area contributed by atoms with Gasteiger partial charge in [-0.25, -0.2) is 4.79 Å². The van der Waals surface area contributed by atoms with Crippen LogP contribution in [0.2, 0.25) is 0 Å². The number of thioether (sulfide) groups is 1. The summed E-state index contributed by atoms with van der Waals surface area (Å²) < 4.78 is 0. The zero-order valence-electron chi connectivity index (χ0n) is 9.72. The van der Waals surface area contributed by atoms with Gasteiger partial charge in [-0.3, -0.25) is 4.79 Å². The molecule has 1 amide bonds. The first kappa shape index (κ1) is 12.5. The van der Waals surface area contributed by atoms with Gasteiger partial charge in [0.15, 0.2) is 0 Å². The lowest BCUT2D eigenvalue weighted by molar-refractivity contribution is -0.147. The third kappa shape index (κ3) is 3.03. The summed E-state index contributed by atoms with van der Waals surface area (Å²) in [6, 6.07) is -0.628. The van der Waals surface area contributed by atoms with Gasteiger partial charge in [0.05, 0.1) is 5.88 Å². The van der Waals surface area contributed by atoms with Gasteiger partial charge < -0.3 is 10.0 Å². The number of nitrogens with zero attached hydrogens (tertiary/aromatic N) is 1. The van der Waals surface area contributed by atoms with Crippen molar-refractivity contribution in [1.82, 2.24) is 4.90 Å². The lowest BCUT2D eigenvalue weighted by atomic mass is 9.97. The van der Waals surface area contributed by atoms with Gasteiger partial charge in [-0.1, -0.05) is 11.6 Å². The molecule has 5 heteroatoms. The zero-order valence-corrected chi connectivity index (χ0v) is 10.5. The highest BCUT2D eigenvalue weighted by Gasteiger charge is 2.34. The first-order valence-corrected chi connectivity index (χ1v) is 7.12. The lowest BCUT2D eigenvalue weighted by Gasteiger charge is -2.22. The van der Waals surface area contributed by atoms with Gasteiger partial charge in [-0.2, -0.15) is 0 Å². The van der Waals surface area contributed by atoms with Crippen molar-refractivity contribution in [2.24, 2.45) is 0 Å². The van der Waals surface area contributed by atoms with Crippen LogP contribution in [0.25, 0.3) is 0 Å². The third-order valence-electron chi connectivity index (χ3n) is 3.25. The number of amides is 1. The Hall–Kier alpha value is -0.970. The Kier molecular flexibility index (Phi) is 4.10. The molecule has 0 saturated carbocycles. The summed E-state index contributed by atoms with van der Waals surface area (Å²) in [5, 5.41) is 9.02. The van der Waals surface area contributed by atoms with E-state index < -0.39 is 12.0 Å². The molecule has 1 aliphatic heterocycles. The minimum absolute atomic E-state index is 0.0319. The van der Waals surface area contributed by atoms with Crippen LogP contribution in [0.15, 0.2) is 11.6 Å². The molecule has 0 radical (unpaired) electrons. The number of hydrogen-bond acceptors (Lipinski definition) is 3. The number of carboxylic acids is 1. The molecule has 0 aromatic heterocycles. The second-order valence-electron chi connectivity index (χ2n) is 4.50. The van der Waals surface area contributed by atoms with Gasteiger partial charge in [0.25, 0.3) is 0 Å². The van der Waals surface area contributed by atoms with E-state index in [2.05, 4.69) is 6.08 Å². The van der Waals surface area contributed by atoms with Gasteiger partial charge >= 0.3 is 5.97 Å². The van der Waals surface area contributed by atoms with Gasteiger partial charge in [0.2, 0.25) is 5.91 Å².